The second-order valence-corrected chi connectivity index (χ2v) is 5.54. The maximum atomic E-state index is 11.8. The lowest BCUT2D eigenvalue weighted by molar-refractivity contribution is -0.137. The molecule has 1 atom stereocenters. The summed E-state index contributed by atoms with van der Waals surface area (Å²) in [5.74, 6) is 0.351. The van der Waals surface area contributed by atoms with Crippen molar-refractivity contribution in [2.45, 2.75) is 39.2 Å². The molecule has 25 heavy (non-hydrogen) atoms. The number of hydrogen-bond donors (Lipinski definition) is 2. The average Bonchev–Trinajstić information content (AvgIpc) is 3.02. The number of carbonyl (C=O) groups excluding carboxylic acids is 1. The molecular weight excluding hydrogens is 326 g/mol. The normalized spacial score (nSPS) is 11.8. The number of aromatic nitrogens is 2. The topological polar surface area (TPSA) is 115 Å². The van der Waals surface area contributed by atoms with Gasteiger partial charge in [0.25, 0.3) is 0 Å². The predicted molar refractivity (Wildman–Crippen MR) is 89.1 cm³/mol. The highest BCUT2D eigenvalue weighted by Gasteiger charge is 2.13. The van der Waals surface area contributed by atoms with E-state index in [0.29, 0.717) is 18.3 Å². The van der Waals surface area contributed by atoms with Gasteiger partial charge in [0.2, 0.25) is 17.6 Å². The van der Waals surface area contributed by atoms with Crippen molar-refractivity contribution in [3.8, 4) is 17.1 Å². The molecule has 1 unspecified atom stereocenters. The molecule has 2 rings (SSSR count). The van der Waals surface area contributed by atoms with Gasteiger partial charge in [0.15, 0.2) is 0 Å². The molecule has 0 bridgehead atoms. The highest BCUT2D eigenvalue weighted by molar-refractivity contribution is 5.77. The molecule has 8 heteroatoms. The molecule has 0 saturated heterocycles. The number of hydrogen-bond acceptors (Lipinski definition) is 6. The van der Waals surface area contributed by atoms with Crippen LogP contribution in [0.15, 0.2) is 28.8 Å². The maximum absolute atomic E-state index is 11.8. The van der Waals surface area contributed by atoms with Crippen LogP contribution in [0, 0.1) is 0 Å². The van der Waals surface area contributed by atoms with Crippen molar-refractivity contribution in [1.29, 1.82) is 0 Å². The molecule has 1 amide bonds. The van der Waals surface area contributed by atoms with Gasteiger partial charge in [-0.15, -0.1) is 0 Å². The fourth-order valence-corrected chi connectivity index (χ4v) is 2.22. The Labute approximate surface area is 145 Å². The Kier molecular flexibility index (Phi) is 6.50. The zero-order valence-corrected chi connectivity index (χ0v) is 14.2. The number of carboxylic acids is 1. The summed E-state index contributed by atoms with van der Waals surface area (Å²) in [6.07, 6.45) is 0.318. The van der Waals surface area contributed by atoms with Crippen LogP contribution in [0.3, 0.4) is 0 Å². The maximum Gasteiger partial charge on any atom is 0.305 e. The quantitative estimate of drug-likeness (QED) is 0.713. The van der Waals surface area contributed by atoms with E-state index < -0.39 is 12.0 Å². The number of aryl methyl sites for hydroxylation is 1. The lowest BCUT2D eigenvalue weighted by atomic mass is 10.2. The fourth-order valence-electron chi connectivity index (χ4n) is 2.22. The van der Waals surface area contributed by atoms with Crippen molar-refractivity contribution in [3.63, 3.8) is 0 Å². The van der Waals surface area contributed by atoms with Gasteiger partial charge < -0.3 is 19.7 Å². The summed E-state index contributed by atoms with van der Waals surface area (Å²) >= 11 is 0. The molecule has 2 aromatic rings. The molecular formula is C17H21N3O5. The van der Waals surface area contributed by atoms with Crippen molar-refractivity contribution in [3.05, 3.63) is 30.2 Å². The molecule has 0 radical (unpaired) electrons. The van der Waals surface area contributed by atoms with Gasteiger partial charge in [-0.1, -0.05) is 5.16 Å². The van der Waals surface area contributed by atoms with Gasteiger partial charge in [0.1, 0.15) is 5.75 Å². The van der Waals surface area contributed by atoms with E-state index in [0.717, 1.165) is 11.3 Å². The zero-order valence-electron chi connectivity index (χ0n) is 14.2. The Morgan fingerprint density at radius 2 is 2.04 bits per heavy atom. The number of carbonyl (C=O) groups is 2. The molecule has 8 nitrogen and oxygen atoms in total. The van der Waals surface area contributed by atoms with Crippen LogP contribution in [-0.2, 0) is 16.0 Å². The number of aliphatic carboxylic acids is 1. The van der Waals surface area contributed by atoms with E-state index in [1.807, 2.05) is 31.2 Å². The third kappa shape index (κ3) is 5.91. The summed E-state index contributed by atoms with van der Waals surface area (Å²) in [5, 5.41) is 15.2. The van der Waals surface area contributed by atoms with Gasteiger partial charge >= 0.3 is 5.97 Å². The molecule has 1 heterocycles. The molecule has 0 aliphatic heterocycles. The summed E-state index contributed by atoms with van der Waals surface area (Å²) in [4.78, 5) is 26.6. The molecule has 1 aromatic carbocycles. The van der Waals surface area contributed by atoms with Gasteiger partial charge in [-0.05, 0) is 38.1 Å². The molecule has 1 aromatic heterocycles. The first-order valence-electron chi connectivity index (χ1n) is 8.05. The van der Waals surface area contributed by atoms with Crippen LogP contribution in [0.4, 0.5) is 0 Å². The first-order valence-corrected chi connectivity index (χ1v) is 8.05. The number of nitrogens with one attached hydrogen (secondary N) is 1. The van der Waals surface area contributed by atoms with Crippen LogP contribution in [0.2, 0.25) is 0 Å². The number of rotatable bonds is 9. The van der Waals surface area contributed by atoms with Gasteiger partial charge in [0, 0.05) is 24.4 Å². The average molecular weight is 347 g/mol. The van der Waals surface area contributed by atoms with Crippen LogP contribution in [0.1, 0.15) is 32.6 Å². The van der Waals surface area contributed by atoms with E-state index in [-0.39, 0.29) is 25.2 Å². The summed E-state index contributed by atoms with van der Waals surface area (Å²) in [7, 11) is 0. The number of nitrogens with zero attached hydrogens (tertiary/aromatic N) is 2. The summed E-state index contributed by atoms with van der Waals surface area (Å²) in [6, 6.07) is 6.89. The second-order valence-electron chi connectivity index (χ2n) is 5.54. The van der Waals surface area contributed by atoms with Crippen LogP contribution in [-0.4, -0.2) is 39.8 Å². The largest absolute Gasteiger partial charge is 0.494 e. The highest BCUT2D eigenvalue weighted by atomic mass is 16.5. The second kappa shape index (κ2) is 8.81. The first kappa shape index (κ1) is 18.4. The van der Waals surface area contributed by atoms with Crippen molar-refractivity contribution < 1.29 is 24.0 Å². The Hall–Kier alpha value is -2.90. The summed E-state index contributed by atoms with van der Waals surface area (Å²) in [6.45, 7) is 4.15. The summed E-state index contributed by atoms with van der Waals surface area (Å²) in [5.41, 5.74) is 0.790. The minimum absolute atomic E-state index is 0.117. The number of carboxylic acid groups (broad SMARTS) is 1. The Balaban J connectivity index is 1.86. The lowest BCUT2D eigenvalue weighted by Gasteiger charge is -2.10. The predicted octanol–water partition coefficient (Wildman–Crippen LogP) is 2.05. The zero-order chi connectivity index (χ0) is 18.2. The van der Waals surface area contributed by atoms with E-state index >= 15 is 0 Å². The molecule has 0 spiro atoms. The van der Waals surface area contributed by atoms with Gasteiger partial charge in [0.05, 0.1) is 13.0 Å². The van der Waals surface area contributed by atoms with E-state index in [4.69, 9.17) is 14.4 Å². The van der Waals surface area contributed by atoms with Gasteiger partial charge in [-0.2, -0.15) is 4.98 Å². The highest BCUT2D eigenvalue weighted by Crippen LogP contribution is 2.20. The first-order chi connectivity index (χ1) is 12.0. The summed E-state index contributed by atoms with van der Waals surface area (Å²) < 4.78 is 10.5. The minimum atomic E-state index is -0.954. The molecule has 2 N–H and O–H groups in total. The van der Waals surface area contributed by atoms with E-state index in [1.165, 1.54) is 0 Å². The van der Waals surface area contributed by atoms with Crippen LogP contribution >= 0.6 is 0 Å². The van der Waals surface area contributed by atoms with E-state index in [1.54, 1.807) is 6.92 Å². The van der Waals surface area contributed by atoms with Crippen LogP contribution < -0.4 is 10.1 Å². The Bertz CT molecular complexity index is 711. The van der Waals surface area contributed by atoms with Gasteiger partial charge in [-0.25, -0.2) is 0 Å². The third-order valence-corrected chi connectivity index (χ3v) is 3.35. The van der Waals surface area contributed by atoms with Crippen LogP contribution in [0.5, 0.6) is 5.75 Å². The standard InChI is InChI=1S/C17H21N3O5/c1-3-24-13-6-4-12(5-7-13)17-19-15(25-20-17)9-8-14(21)18-11(2)10-16(22)23/h4-7,11H,3,8-10H2,1-2H3,(H,18,21)(H,22,23). The molecule has 0 aliphatic carbocycles. The molecule has 0 saturated carbocycles. The third-order valence-electron chi connectivity index (χ3n) is 3.35. The number of amides is 1. The SMILES string of the molecule is CCOc1ccc(-c2noc(CCC(=O)NC(C)CC(=O)O)n2)cc1. The Morgan fingerprint density at radius 1 is 1.32 bits per heavy atom. The smallest absolute Gasteiger partial charge is 0.305 e. The van der Waals surface area contributed by atoms with Crippen LogP contribution in [0.25, 0.3) is 11.4 Å². The monoisotopic (exact) mass is 347 g/mol. The number of ether oxygens (including phenoxy) is 1. The van der Waals surface area contributed by atoms with E-state index in [9.17, 15) is 9.59 Å². The Morgan fingerprint density at radius 3 is 2.68 bits per heavy atom. The molecule has 0 aliphatic rings. The van der Waals surface area contributed by atoms with Crippen molar-refractivity contribution in [1.82, 2.24) is 15.5 Å². The minimum Gasteiger partial charge on any atom is -0.494 e. The lowest BCUT2D eigenvalue weighted by Crippen LogP contribution is -2.34. The molecule has 134 valence electrons. The van der Waals surface area contributed by atoms with Crippen molar-refractivity contribution >= 4 is 11.9 Å². The van der Waals surface area contributed by atoms with Crippen molar-refractivity contribution in [2.75, 3.05) is 6.61 Å². The fraction of sp³-hybridized carbons (Fsp3) is 0.412. The van der Waals surface area contributed by atoms with E-state index in [2.05, 4.69) is 15.5 Å². The van der Waals surface area contributed by atoms with Crippen molar-refractivity contribution in [2.24, 2.45) is 0 Å². The van der Waals surface area contributed by atoms with Gasteiger partial charge in [-0.3, -0.25) is 9.59 Å². The molecule has 0 fully saturated rings. The number of benzene rings is 1.